The quantitative estimate of drug-likeness (QED) is 0.818. The fraction of sp³-hybridized carbons (Fsp3) is 0.364. The molecule has 3 N–H and O–H groups in total. The van der Waals surface area contributed by atoms with Crippen LogP contribution >= 0.6 is 11.6 Å². The second-order valence-corrected chi connectivity index (χ2v) is 4.23. The first-order valence-corrected chi connectivity index (χ1v) is 5.36. The van der Waals surface area contributed by atoms with Gasteiger partial charge < -0.3 is 11.1 Å². The molecule has 1 fully saturated rings. The number of carbonyl (C=O) groups is 1. The molecular weight excluding hydrogens is 212 g/mol. The number of hydrogen-bond donors (Lipinski definition) is 2. The summed E-state index contributed by atoms with van der Waals surface area (Å²) in [6.07, 6.45) is 2.49. The highest BCUT2D eigenvalue weighted by Gasteiger charge is 2.20. The van der Waals surface area contributed by atoms with Gasteiger partial charge in [0.25, 0.3) is 0 Å². The Bertz CT molecular complexity index is 388. The van der Waals surface area contributed by atoms with Crippen molar-refractivity contribution in [2.45, 2.75) is 25.4 Å². The predicted molar refractivity (Wildman–Crippen MR) is 59.8 cm³/mol. The van der Waals surface area contributed by atoms with Gasteiger partial charge in [0.05, 0.1) is 0 Å². The van der Waals surface area contributed by atoms with Crippen molar-refractivity contribution in [3.05, 3.63) is 34.3 Å². The molecule has 15 heavy (non-hydrogen) atoms. The maximum Gasteiger partial charge on any atom is 0.248 e. The molecule has 1 amide bonds. The molecule has 0 aliphatic heterocycles. The molecule has 0 saturated heterocycles. The van der Waals surface area contributed by atoms with Gasteiger partial charge in [-0.25, -0.2) is 0 Å². The van der Waals surface area contributed by atoms with Gasteiger partial charge in [0.1, 0.15) is 0 Å². The fourth-order valence-corrected chi connectivity index (χ4v) is 1.63. The minimum absolute atomic E-state index is 0.446. The van der Waals surface area contributed by atoms with Crippen LogP contribution in [0.4, 0.5) is 0 Å². The van der Waals surface area contributed by atoms with Crippen LogP contribution in [-0.2, 0) is 6.54 Å². The van der Waals surface area contributed by atoms with Gasteiger partial charge in [-0.2, -0.15) is 0 Å². The summed E-state index contributed by atoms with van der Waals surface area (Å²) in [5.41, 5.74) is 6.61. The van der Waals surface area contributed by atoms with E-state index >= 15 is 0 Å². The van der Waals surface area contributed by atoms with Crippen LogP contribution in [0.1, 0.15) is 28.8 Å². The molecule has 3 nitrogen and oxygen atoms in total. The van der Waals surface area contributed by atoms with Crippen molar-refractivity contribution in [2.24, 2.45) is 5.73 Å². The summed E-state index contributed by atoms with van der Waals surface area (Å²) in [5, 5.41) is 3.96. The predicted octanol–water partition coefficient (Wildman–Crippen LogP) is 1.69. The van der Waals surface area contributed by atoms with Crippen molar-refractivity contribution in [3.63, 3.8) is 0 Å². The highest BCUT2D eigenvalue weighted by Crippen LogP contribution is 2.22. The zero-order chi connectivity index (χ0) is 10.8. The summed E-state index contributed by atoms with van der Waals surface area (Å²) in [6, 6.07) is 5.82. The minimum atomic E-state index is -0.446. The van der Waals surface area contributed by atoms with E-state index in [0.29, 0.717) is 16.6 Å². The molecule has 0 spiro atoms. The molecule has 0 heterocycles. The lowest BCUT2D eigenvalue weighted by atomic mass is 10.1. The third kappa shape index (κ3) is 2.70. The summed E-state index contributed by atoms with van der Waals surface area (Å²) < 4.78 is 0. The lowest BCUT2D eigenvalue weighted by molar-refractivity contribution is 0.100. The number of nitrogens with two attached hydrogens (primary N) is 1. The molecule has 4 heteroatoms. The number of amides is 1. The van der Waals surface area contributed by atoms with Crippen molar-refractivity contribution in [1.82, 2.24) is 5.32 Å². The number of halogens is 1. The molecule has 1 aliphatic rings. The molecule has 0 radical (unpaired) electrons. The lowest BCUT2D eigenvalue weighted by Gasteiger charge is -2.06. The summed E-state index contributed by atoms with van der Waals surface area (Å²) in [7, 11) is 0. The first-order chi connectivity index (χ1) is 7.16. The van der Waals surface area contributed by atoms with E-state index in [1.54, 1.807) is 12.1 Å². The molecule has 1 aromatic rings. The highest BCUT2D eigenvalue weighted by molar-refractivity contribution is 6.31. The number of benzene rings is 1. The topological polar surface area (TPSA) is 55.1 Å². The van der Waals surface area contributed by atoms with E-state index in [1.807, 2.05) is 6.07 Å². The van der Waals surface area contributed by atoms with Gasteiger partial charge in [-0.3, -0.25) is 4.79 Å². The maximum atomic E-state index is 10.9. The standard InChI is InChI=1S/C11H13ClN2O/c12-10-5-7(11(13)15)1-2-8(10)6-14-9-3-4-9/h1-2,5,9,14H,3-4,6H2,(H2,13,15). The van der Waals surface area contributed by atoms with Gasteiger partial charge in [0.15, 0.2) is 0 Å². The summed E-state index contributed by atoms with van der Waals surface area (Å²) in [5.74, 6) is -0.446. The first kappa shape index (κ1) is 10.5. The molecule has 0 bridgehead atoms. The van der Waals surface area contributed by atoms with Gasteiger partial charge in [-0.05, 0) is 30.5 Å². The molecule has 1 saturated carbocycles. The number of primary amides is 1. The molecule has 2 rings (SSSR count). The molecule has 0 unspecified atom stereocenters. The van der Waals surface area contributed by atoms with Crippen LogP contribution in [0.2, 0.25) is 5.02 Å². The smallest absolute Gasteiger partial charge is 0.248 e. The minimum Gasteiger partial charge on any atom is -0.366 e. The van der Waals surface area contributed by atoms with E-state index in [2.05, 4.69) is 5.32 Å². The van der Waals surface area contributed by atoms with Crippen molar-refractivity contribution in [3.8, 4) is 0 Å². The summed E-state index contributed by atoms with van der Waals surface area (Å²) in [6.45, 7) is 0.753. The van der Waals surface area contributed by atoms with E-state index in [0.717, 1.165) is 12.1 Å². The van der Waals surface area contributed by atoms with Crippen LogP contribution < -0.4 is 11.1 Å². The third-order valence-electron chi connectivity index (χ3n) is 2.50. The third-order valence-corrected chi connectivity index (χ3v) is 2.85. The van der Waals surface area contributed by atoms with Crippen LogP contribution in [0.5, 0.6) is 0 Å². The van der Waals surface area contributed by atoms with Gasteiger partial charge in [-0.15, -0.1) is 0 Å². The monoisotopic (exact) mass is 224 g/mol. The molecule has 80 valence electrons. The van der Waals surface area contributed by atoms with Crippen molar-refractivity contribution >= 4 is 17.5 Å². The maximum absolute atomic E-state index is 10.9. The van der Waals surface area contributed by atoms with Gasteiger partial charge in [0.2, 0.25) is 5.91 Å². The van der Waals surface area contributed by atoms with Crippen molar-refractivity contribution < 1.29 is 4.79 Å². The zero-order valence-electron chi connectivity index (χ0n) is 8.29. The second-order valence-electron chi connectivity index (χ2n) is 3.83. The average Bonchev–Trinajstić information content (AvgIpc) is 2.99. The number of hydrogen-bond acceptors (Lipinski definition) is 2. The van der Waals surface area contributed by atoms with Crippen LogP contribution in [0.3, 0.4) is 0 Å². The summed E-state index contributed by atoms with van der Waals surface area (Å²) >= 11 is 6.03. The SMILES string of the molecule is NC(=O)c1ccc(CNC2CC2)c(Cl)c1. The Morgan fingerprint density at radius 3 is 2.80 bits per heavy atom. The van der Waals surface area contributed by atoms with E-state index < -0.39 is 5.91 Å². The van der Waals surface area contributed by atoms with Crippen LogP contribution in [0.25, 0.3) is 0 Å². The number of carbonyl (C=O) groups excluding carboxylic acids is 1. The Morgan fingerprint density at radius 2 is 2.27 bits per heavy atom. The summed E-state index contributed by atoms with van der Waals surface area (Å²) in [4.78, 5) is 10.9. The van der Waals surface area contributed by atoms with Gasteiger partial charge in [-0.1, -0.05) is 17.7 Å². The van der Waals surface area contributed by atoms with Crippen molar-refractivity contribution in [2.75, 3.05) is 0 Å². The fourth-order valence-electron chi connectivity index (χ4n) is 1.39. The number of nitrogens with one attached hydrogen (secondary N) is 1. The highest BCUT2D eigenvalue weighted by atomic mass is 35.5. The van der Waals surface area contributed by atoms with Gasteiger partial charge in [0, 0.05) is 23.2 Å². The Balaban J connectivity index is 2.07. The van der Waals surface area contributed by atoms with Crippen LogP contribution in [-0.4, -0.2) is 11.9 Å². The van der Waals surface area contributed by atoms with Crippen molar-refractivity contribution in [1.29, 1.82) is 0 Å². The Morgan fingerprint density at radius 1 is 1.53 bits per heavy atom. The van der Waals surface area contributed by atoms with Crippen LogP contribution in [0, 0.1) is 0 Å². The van der Waals surface area contributed by atoms with E-state index in [1.165, 1.54) is 12.8 Å². The second kappa shape index (κ2) is 4.21. The Labute approximate surface area is 93.6 Å². The Kier molecular flexibility index (Phi) is 2.93. The normalized spacial score (nSPS) is 15.3. The molecule has 0 atom stereocenters. The zero-order valence-corrected chi connectivity index (χ0v) is 9.05. The van der Waals surface area contributed by atoms with Crippen LogP contribution in [0.15, 0.2) is 18.2 Å². The average molecular weight is 225 g/mol. The molecule has 0 aromatic heterocycles. The van der Waals surface area contributed by atoms with Gasteiger partial charge >= 0.3 is 0 Å². The largest absolute Gasteiger partial charge is 0.366 e. The lowest BCUT2D eigenvalue weighted by Crippen LogP contribution is -2.16. The molecule has 1 aromatic carbocycles. The van der Waals surface area contributed by atoms with E-state index in [-0.39, 0.29) is 0 Å². The van der Waals surface area contributed by atoms with E-state index in [9.17, 15) is 4.79 Å². The van der Waals surface area contributed by atoms with E-state index in [4.69, 9.17) is 17.3 Å². The number of rotatable bonds is 4. The Hall–Kier alpha value is -1.06. The first-order valence-electron chi connectivity index (χ1n) is 4.98. The molecular formula is C11H13ClN2O. The molecule has 1 aliphatic carbocycles.